The lowest BCUT2D eigenvalue weighted by Gasteiger charge is -2.30. The molecule has 5 rings (SSSR count). The number of nitrogens with zero attached hydrogens (tertiary/aromatic N) is 2. The van der Waals surface area contributed by atoms with Crippen molar-refractivity contribution in [1.82, 2.24) is 20.6 Å². The number of hydrogen-bond acceptors (Lipinski definition) is 7. The normalized spacial score (nSPS) is 19.7. The number of carbonyl (C=O) groups is 1. The topological polar surface area (TPSA) is 102 Å². The van der Waals surface area contributed by atoms with Crippen LogP contribution < -0.4 is 16.4 Å². The van der Waals surface area contributed by atoms with Gasteiger partial charge in [-0.3, -0.25) is 4.79 Å². The lowest BCUT2D eigenvalue weighted by atomic mass is 9.99. The lowest BCUT2D eigenvalue weighted by molar-refractivity contribution is -0.152. The van der Waals surface area contributed by atoms with Crippen LogP contribution in [0, 0.1) is 5.82 Å². The molecule has 2 atom stereocenters. The maximum atomic E-state index is 14.2. The van der Waals surface area contributed by atoms with Gasteiger partial charge in [-0.15, -0.1) is 0 Å². The second-order valence-electron chi connectivity index (χ2n) is 10.4. The molecule has 206 valence electrons. The van der Waals surface area contributed by atoms with Gasteiger partial charge in [0.15, 0.2) is 0 Å². The summed E-state index contributed by atoms with van der Waals surface area (Å²) in [4.78, 5) is 21.6. The van der Waals surface area contributed by atoms with Crippen LogP contribution in [-0.4, -0.2) is 40.7 Å². The van der Waals surface area contributed by atoms with Crippen molar-refractivity contribution < 1.29 is 13.9 Å². The molecule has 2 aromatic carbocycles. The minimum Gasteiger partial charge on any atom is -0.461 e. The summed E-state index contributed by atoms with van der Waals surface area (Å²) in [5.74, 6) is -0.114. The molecule has 1 unspecified atom stereocenters. The predicted molar refractivity (Wildman–Crippen MR) is 151 cm³/mol. The maximum Gasteiger partial charge on any atom is 0.323 e. The van der Waals surface area contributed by atoms with E-state index >= 15 is 0 Å². The summed E-state index contributed by atoms with van der Waals surface area (Å²) in [6.45, 7) is 1.50. The zero-order valence-corrected chi connectivity index (χ0v) is 22.7. The highest BCUT2D eigenvalue weighted by Crippen LogP contribution is 2.25. The van der Waals surface area contributed by atoms with Crippen molar-refractivity contribution in [3.05, 3.63) is 76.3 Å². The number of nitrogen functional groups attached to an aromatic ring is 1. The zero-order chi connectivity index (χ0) is 27.2. The van der Waals surface area contributed by atoms with E-state index in [1.165, 1.54) is 6.07 Å². The first-order chi connectivity index (χ1) is 19.0. The number of rotatable bonds is 9. The first-order valence-electron chi connectivity index (χ1n) is 13.8. The summed E-state index contributed by atoms with van der Waals surface area (Å²) in [6.07, 6.45) is 8.53. The number of carbonyl (C=O) groups excluding carboxylic acids is 1. The Morgan fingerprint density at radius 1 is 1.13 bits per heavy atom. The minimum atomic E-state index is -0.335. The van der Waals surface area contributed by atoms with Crippen molar-refractivity contribution in [2.24, 2.45) is 0 Å². The number of aryl methyl sites for hydroxylation is 1. The van der Waals surface area contributed by atoms with Gasteiger partial charge in [-0.25, -0.2) is 14.4 Å². The summed E-state index contributed by atoms with van der Waals surface area (Å²) in [5.41, 5.74) is 9.91. The summed E-state index contributed by atoms with van der Waals surface area (Å²) < 4.78 is 19.9. The third-order valence-electron chi connectivity index (χ3n) is 7.67. The fraction of sp³-hybridized carbons (Fsp3) is 0.433. The van der Waals surface area contributed by atoms with E-state index in [4.69, 9.17) is 27.1 Å². The van der Waals surface area contributed by atoms with Crippen LogP contribution in [-0.2, 0) is 28.9 Å². The van der Waals surface area contributed by atoms with Gasteiger partial charge in [-0.05, 0) is 75.6 Å². The molecule has 9 heteroatoms. The van der Waals surface area contributed by atoms with E-state index in [9.17, 15) is 9.18 Å². The van der Waals surface area contributed by atoms with Crippen LogP contribution in [0.3, 0.4) is 0 Å². The van der Waals surface area contributed by atoms with E-state index in [2.05, 4.69) is 27.8 Å². The first kappa shape index (κ1) is 27.5. The van der Waals surface area contributed by atoms with Gasteiger partial charge in [-0.2, -0.15) is 0 Å². The van der Waals surface area contributed by atoms with Gasteiger partial charge in [0.1, 0.15) is 23.8 Å². The van der Waals surface area contributed by atoms with Crippen LogP contribution in [0.2, 0.25) is 5.02 Å². The number of aromatic nitrogens is 2. The van der Waals surface area contributed by atoms with Crippen molar-refractivity contribution in [2.45, 2.75) is 76.1 Å². The van der Waals surface area contributed by atoms with E-state index in [-0.39, 0.29) is 30.0 Å². The van der Waals surface area contributed by atoms with E-state index in [1.54, 1.807) is 18.3 Å². The summed E-state index contributed by atoms with van der Waals surface area (Å²) >= 11 is 6.17. The van der Waals surface area contributed by atoms with Gasteiger partial charge >= 0.3 is 5.97 Å². The highest BCUT2D eigenvalue weighted by Gasteiger charge is 2.30. The Labute approximate surface area is 233 Å². The quantitative estimate of drug-likeness (QED) is 0.322. The average Bonchev–Trinajstić information content (AvgIpc) is 3.46. The Kier molecular flexibility index (Phi) is 9.06. The molecule has 39 heavy (non-hydrogen) atoms. The highest BCUT2D eigenvalue weighted by molar-refractivity contribution is 6.31. The number of nitrogens with two attached hydrogens (primary N) is 1. The van der Waals surface area contributed by atoms with Crippen LogP contribution in [0.5, 0.6) is 0 Å². The van der Waals surface area contributed by atoms with Crippen LogP contribution in [0.4, 0.5) is 10.2 Å². The number of ether oxygens (including phenoxy) is 1. The molecular weight excluding hydrogens is 517 g/mol. The number of halogens is 2. The molecule has 2 aliphatic rings. The highest BCUT2D eigenvalue weighted by atomic mass is 35.5. The molecule has 1 aromatic heterocycles. The van der Waals surface area contributed by atoms with Gasteiger partial charge in [0, 0.05) is 28.7 Å². The molecule has 2 heterocycles. The van der Waals surface area contributed by atoms with Crippen LogP contribution in [0.25, 0.3) is 11.3 Å². The standard InChI is InChI=1S/C30H35ClFN5O2/c31-24-6-3-7-25(32)23(24)12-13-26-29(33)36-18-28(37-26)20-10-8-19(9-11-20)17-35-21-14-15-34-27(16-21)30(38)39-22-4-1-2-5-22/h3,6-11,18,21-22,27,34-35H,1-2,4-5,12-17H2,(H2,33,36)/t21?,27-/m1/s1. The Morgan fingerprint density at radius 3 is 2.69 bits per heavy atom. The van der Waals surface area contributed by atoms with E-state index in [0.29, 0.717) is 47.2 Å². The molecular formula is C30H35ClFN5O2. The largest absolute Gasteiger partial charge is 0.461 e. The second kappa shape index (κ2) is 12.9. The Bertz CT molecular complexity index is 1260. The molecule has 0 radical (unpaired) electrons. The van der Waals surface area contributed by atoms with E-state index in [1.807, 2.05) is 12.1 Å². The number of benzene rings is 2. The molecule has 2 fully saturated rings. The van der Waals surface area contributed by atoms with Crippen LogP contribution >= 0.6 is 11.6 Å². The average molecular weight is 552 g/mol. The van der Waals surface area contributed by atoms with Gasteiger partial charge in [0.05, 0.1) is 17.6 Å². The molecule has 1 aliphatic carbocycles. The van der Waals surface area contributed by atoms with Crippen LogP contribution in [0.1, 0.15) is 55.3 Å². The number of esters is 1. The molecule has 0 bridgehead atoms. The first-order valence-corrected chi connectivity index (χ1v) is 14.1. The number of hydrogen-bond donors (Lipinski definition) is 3. The molecule has 1 saturated carbocycles. The lowest BCUT2D eigenvalue weighted by Crippen LogP contribution is -2.50. The van der Waals surface area contributed by atoms with E-state index < -0.39 is 0 Å². The fourth-order valence-electron chi connectivity index (χ4n) is 5.36. The molecule has 7 nitrogen and oxygen atoms in total. The third-order valence-corrected chi connectivity index (χ3v) is 8.02. The van der Waals surface area contributed by atoms with Gasteiger partial charge < -0.3 is 21.1 Å². The monoisotopic (exact) mass is 551 g/mol. The second-order valence-corrected chi connectivity index (χ2v) is 10.8. The van der Waals surface area contributed by atoms with Crippen molar-refractivity contribution in [2.75, 3.05) is 12.3 Å². The van der Waals surface area contributed by atoms with Gasteiger partial charge in [0.25, 0.3) is 0 Å². The summed E-state index contributed by atoms with van der Waals surface area (Å²) in [6, 6.07) is 12.8. The van der Waals surface area contributed by atoms with Crippen molar-refractivity contribution in [3.8, 4) is 11.3 Å². The number of anilines is 1. The fourth-order valence-corrected chi connectivity index (χ4v) is 5.62. The predicted octanol–water partition coefficient (Wildman–Crippen LogP) is 5.00. The Hall–Kier alpha value is -3.07. The molecule has 4 N–H and O–H groups in total. The molecule has 0 amide bonds. The smallest absolute Gasteiger partial charge is 0.323 e. The zero-order valence-electron chi connectivity index (χ0n) is 22.0. The SMILES string of the molecule is Nc1ncc(-c2ccc(CNC3CCN[C@@H](C(=O)OC4CCCC4)C3)cc2)nc1CCc1c(F)cccc1Cl. The van der Waals surface area contributed by atoms with Gasteiger partial charge in [0.2, 0.25) is 0 Å². The molecule has 0 spiro atoms. The van der Waals surface area contributed by atoms with Crippen LogP contribution in [0.15, 0.2) is 48.7 Å². The molecule has 3 aromatic rings. The van der Waals surface area contributed by atoms with Gasteiger partial charge in [-0.1, -0.05) is 41.9 Å². The molecule has 1 saturated heterocycles. The van der Waals surface area contributed by atoms with Crippen molar-refractivity contribution in [1.29, 1.82) is 0 Å². The Balaban J connectivity index is 1.15. The Morgan fingerprint density at radius 2 is 1.92 bits per heavy atom. The van der Waals surface area contributed by atoms with E-state index in [0.717, 1.165) is 56.2 Å². The van der Waals surface area contributed by atoms with Crippen molar-refractivity contribution in [3.63, 3.8) is 0 Å². The maximum absolute atomic E-state index is 14.2. The van der Waals surface area contributed by atoms with Crippen molar-refractivity contribution >= 4 is 23.4 Å². The molecule has 1 aliphatic heterocycles. The third kappa shape index (κ3) is 7.12. The minimum absolute atomic E-state index is 0.0957. The number of piperidine rings is 1. The summed E-state index contributed by atoms with van der Waals surface area (Å²) in [5, 5.41) is 7.31. The summed E-state index contributed by atoms with van der Waals surface area (Å²) in [7, 11) is 0. The number of nitrogens with one attached hydrogen (secondary N) is 2.